The van der Waals surface area contributed by atoms with E-state index < -0.39 is 11.4 Å². The van der Waals surface area contributed by atoms with Crippen molar-refractivity contribution in [3.05, 3.63) is 59.7 Å². The Balaban J connectivity index is 2.18. The van der Waals surface area contributed by atoms with E-state index in [4.69, 9.17) is 9.47 Å². The summed E-state index contributed by atoms with van der Waals surface area (Å²) in [4.78, 5) is 24.4. The summed E-state index contributed by atoms with van der Waals surface area (Å²) < 4.78 is 11.0. The van der Waals surface area contributed by atoms with Crippen molar-refractivity contribution >= 4 is 11.9 Å². The van der Waals surface area contributed by atoms with Crippen LogP contribution in [-0.4, -0.2) is 36.7 Å². The quantitative estimate of drug-likeness (QED) is 0.707. The van der Waals surface area contributed by atoms with Gasteiger partial charge in [0.25, 0.3) is 5.91 Å². The van der Waals surface area contributed by atoms with E-state index in [9.17, 15) is 14.7 Å². The molecule has 2 rings (SSSR count). The normalized spacial score (nSPS) is 12.7. The first-order valence-corrected chi connectivity index (χ1v) is 8.89. The van der Waals surface area contributed by atoms with E-state index in [0.717, 1.165) is 0 Å². The Morgan fingerprint density at radius 3 is 2.22 bits per heavy atom. The maximum absolute atomic E-state index is 12.6. The first-order chi connectivity index (χ1) is 12.9. The van der Waals surface area contributed by atoms with Gasteiger partial charge in [-0.2, -0.15) is 0 Å². The molecule has 1 atom stereocenters. The number of ether oxygens (including phenoxy) is 2. The molecule has 2 N–H and O–H groups in total. The van der Waals surface area contributed by atoms with Crippen molar-refractivity contribution in [1.29, 1.82) is 0 Å². The summed E-state index contributed by atoms with van der Waals surface area (Å²) in [6.45, 7) is 6.19. The maximum Gasteiger partial charge on any atom is 0.315 e. The average Bonchev–Trinajstić information content (AvgIpc) is 2.68. The molecule has 0 aliphatic rings. The number of carbonyl (C=O) groups excluding carboxylic acids is 1. The van der Waals surface area contributed by atoms with Crippen LogP contribution in [0.2, 0.25) is 0 Å². The van der Waals surface area contributed by atoms with E-state index in [2.05, 4.69) is 5.32 Å². The molecule has 0 aliphatic carbocycles. The molecule has 0 aliphatic heterocycles. The van der Waals surface area contributed by atoms with Crippen molar-refractivity contribution < 1.29 is 24.2 Å². The number of rotatable bonds is 9. The SMILES string of the molecule is CCOc1ccc(C(=O)NCC(C)(C(=O)O)c2ccccc2)cc1OCC. The first-order valence-electron chi connectivity index (χ1n) is 8.89. The molecular formula is C21H25NO5. The minimum Gasteiger partial charge on any atom is -0.490 e. The van der Waals surface area contributed by atoms with Crippen molar-refractivity contribution in [2.75, 3.05) is 19.8 Å². The lowest BCUT2D eigenvalue weighted by atomic mass is 9.82. The molecule has 144 valence electrons. The molecule has 2 aromatic rings. The summed E-state index contributed by atoms with van der Waals surface area (Å²) in [6, 6.07) is 13.8. The number of carboxylic acid groups (broad SMARTS) is 1. The topological polar surface area (TPSA) is 84.9 Å². The van der Waals surface area contributed by atoms with E-state index in [1.807, 2.05) is 19.9 Å². The lowest BCUT2D eigenvalue weighted by Crippen LogP contribution is -2.44. The second-order valence-electron chi connectivity index (χ2n) is 6.21. The van der Waals surface area contributed by atoms with Crippen molar-refractivity contribution in [3.63, 3.8) is 0 Å². The molecule has 0 heterocycles. The highest BCUT2D eigenvalue weighted by Crippen LogP contribution is 2.29. The Hall–Kier alpha value is -3.02. The Kier molecular flexibility index (Phi) is 6.82. The predicted molar refractivity (Wildman–Crippen MR) is 103 cm³/mol. The lowest BCUT2D eigenvalue weighted by Gasteiger charge is -2.25. The molecule has 0 bridgehead atoms. The minimum atomic E-state index is -1.23. The van der Waals surface area contributed by atoms with Gasteiger partial charge in [0.1, 0.15) is 5.41 Å². The van der Waals surface area contributed by atoms with Crippen LogP contribution in [0.5, 0.6) is 11.5 Å². The fraction of sp³-hybridized carbons (Fsp3) is 0.333. The number of carbonyl (C=O) groups is 2. The summed E-state index contributed by atoms with van der Waals surface area (Å²) in [5, 5.41) is 12.4. The number of hydrogen-bond donors (Lipinski definition) is 2. The van der Waals surface area contributed by atoms with Gasteiger partial charge in [0.2, 0.25) is 0 Å². The van der Waals surface area contributed by atoms with Gasteiger partial charge in [0.15, 0.2) is 11.5 Å². The molecule has 0 saturated carbocycles. The number of hydrogen-bond acceptors (Lipinski definition) is 4. The van der Waals surface area contributed by atoms with Crippen LogP contribution in [0.1, 0.15) is 36.7 Å². The zero-order chi connectivity index (χ0) is 19.9. The van der Waals surface area contributed by atoms with Gasteiger partial charge in [0, 0.05) is 12.1 Å². The van der Waals surface area contributed by atoms with E-state index in [0.29, 0.717) is 35.8 Å². The summed E-state index contributed by atoms with van der Waals surface area (Å²) in [7, 11) is 0. The van der Waals surface area contributed by atoms with Crippen LogP contribution in [-0.2, 0) is 10.2 Å². The van der Waals surface area contributed by atoms with Gasteiger partial charge in [0.05, 0.1) is 13.2 Å². The summed E-state index contributed by atoms with van der Waals surface area (Å²) >= 11 is 0. The molecule has 0 saturated heterocycles. The van der Waals surface area contributed by atoms with Gasteiger partial charge in [-0.25, -0.2) is 0 Å². The van der Waals surface area contributed by atoms with Gasteiger partial charge in [-0.15, -0.1) is 0 Å². The molecule has 0 aromatic heterocycles. The number of aliphatic carboxylic acids is 1. The van der Waals surface area contributed by atoms with E-state index in [1.54, 1.807) is 49.4 Å². The third-order valence-electron chi connectivity index (χ3n) is 4.29. The fourth-order valence-electron chi connectivity index (χ4n) is 2.66. The first kappa shape index (κ1) is 20.3. The van der Waals surface area contributed by atoms with Crippen LogP contribution in [0.4, 0.5) is 0 Å². The van der Waals surface area contributed by atoms with E-state index >= 15 is 0 Å². The Morgan fingerprint density at radius 1 is 1.00 bits per heavy atom. The highest BCUT2D eigenvalue weighted by atomic mass is 16.5. The summed E-state index contributed by atoms with van der Waals surface area (Å²) in [6.07, 6.45) is 0. The number of nitrogens with one attached hydrogen (secondary N) is 1. The second-order valence-corrected chi connectivity index (χ2v) is 6.21. The summed E-state index contributed by atoms with van der Waals surface area (Å²) in [5.41, 5.74) is -0.229. The van der Waals surface area contributed by atoms with Crippen molar-refractivity contribution in [3.8, 4) is 11.5 Å². The van der Waals surface area contributed by atoms with Crippen LogP contribution < -0.4 is 14.8 Å². The maximum atomic E-state index is 12.6. The average molecular weight is 371 g/mol. The third-order valence-corrected chi connectivity index (χ3v) is 4.29. The van der Waals surface area contributed by atoms with Crippen LogP contribution in [0.15, 0.2) is 48.5 Å². The predicted octanol–water partition coefficient (Wildman–Crippen LogP) is 3.26. The molecule has 6 nitrogen and oxygen atoms in total. The highest BCUT2D eigenvalue weighted by molar-refractivity contribution is 5.95. The number of benzene rings is 2. The van der Waals surface area contributed by atoms with Crippen LogP contribution >= 0.6 is 0 Å². The fourth-order valence-corrected chi connectivity index (χ4v) is 2.66. The zero-order valence-electron chi connectivity index (χ0n) is 15.8. The van der Waals surface area contributed by atoms with Crippen LogP contribution in [0.3, 0.4) is 0 Å². The molecule has 27 heavy (non-hydrogen) atoms. The highest BCUT2D eigenvalue weighted by Gasteiger charge is 2.35. The van der Waals surface area contributed by atoms with Gasteiger partial charge >= 0.3 is 5.97 Å². The molecule has 0 fully saturated rings. The van der Waals surface area contributed by atoms with Crippen LogP contribution in [0, 0.1) is 0 Å². The number of carboxylic acids is 1. The molecule has 0 spiro atoms. The smallest absolute Gasteiger partial charge is 0.315 e. The lowest BCUT2D eigenvalue weighted by molar-refractivity contribution is -0.142. The largest absolute Gasteiger partial charge is 0.490 e. The molecular weight excluding hydrogens is 346 g/mol. The van der Waals surface area contributed by atoms with Crippen molar-refractivity contribution in [2.45, 2.75) is 26.2 Å². The third kappa shape index (κ3) is 4.78. The molecule has 6 heteroatoms. The monoisotopic (exact) mass is 371 g/mol. The molecule has 0 radical (unpaired) electrons. The Morgan fingerprint density at radius 2 is 1.63 bits per heavy atom. The summed E-state index contributed by atoms with van der Waals surface area (Å²) in [5.74, 6) is -0.329. The van der Waals surface area contributed by atoms with Crippen LogP contribution in [0.25, 0.3) is 0 Å². The van der Waals surface area contributed by atoms with E-state index in [1.165, 1.54) is 0 Å². The van der Waals surface area contributed by atoms with Gasteiger partial charge in [-0.05, 0) is 44.5 Å². The Bertz CT molecular complexity index is 790. The minimum absolute atomic E-state index is 0.0393. The van der Waals surface area contributed by atoms with Gasteiger partial charge in [-0.3, -0.25) is 9.59 Å². The van der Waals surface area contributed by atoms with E-state index in [-0.39, 0.29) is 12.5 Å². The molecule has 2 aromatic carbocycles. The standard InChI is InChI=1S/C21H25NO5/c1-4-26-17-12-11-15(13-18(17)27-5-2)19(23)22-14-21(3,20(24)25)16-9-7-6-8-10-16/h6-13H,4-5,14H2,1-3H3,(H,22,23)(H,24,25). The van der Waals surface area contributed by atoms with Gasteiger partial charge in [-0.1, -0.05) is 30.3 Å². The number of amides is 1. The van der Waals surface area contributed by atoms with Crippen molar-refractivity contribution in [2.24, 2.45) is 0 Å². The van der Waals surface area contributed by atoms with Gasteiger partial charge < -0.3 is 19.9 Å². The molecule has 1 unspecified atom stereocenters. The molecule has 1 amide bonds. The van der Waals surface area contributed by atoms with Crippen molar-refractivity contribution in [1.82, 2.24) is 5.32 Å². The zero-order valence-corrected chi connectivity index (χ0v) is 15.8. The Labute approximate surface area is 159 Å². The second kappa shape index (κ2) is 9.07.